The molecule has 3 aromatic heterocycles. The van der Waals surface area contributed by atoms with Crippen LogP contribution in [0.5, 0.6) is 0 Å². The molecule has 0 unspecified atom stereocenters. The van der Waals surface area contributed by atoms with Crippen LogP contribution in [0.15, 0.2) is 46.0 Å². The van der Waals surface area contributed by atoms with Gasteiger partial charge in [0.1, 0.15) is 5.76 Å². The molecule has 28 heavy (non-hydrogen) atoms. The summed E-state index contributed by atoms with van der Waals surface area (Å²) in [6, 6.07) is 7.20. The quantitative estimate of drug-likeness (QED) is 0.678. The summed E-state index contributed by atoms with van der Waals surface area (Å²) in [7, 11) is 0. The Bertz CT molecular complexity index is 968. The van der Waals surface area contributed by atoms with E-state index in [0.29, 0.717) is 12.5 Å². The van der Waals surface area contributed by atoms with Gasteiger partial charge < -0.3 is 4.52 Å². The summed E-state index contributed by atoms with van der Waals surface area (Å²) in [5, 5.41) is 8.63. The maximum absolute atomic E-state index is 12.3. The van der Waals surface area contributed by atoms with E-state index < -0.39 is 0 Å². The molecule has 3 aromatic rings. The third-order valence-electron chi connectivity index (χ3n) is 5.54. The highest BCUT2D eigenvalue weighted by atomic mass is 16.5. The summed E-state index contributed by atoms with van der Waals surface area (Å²) in [4.78, 5) is 18.8. The number of hydrogen-bond acceptors (Lipinski definition) is 6. The molecule has 0 saturated carbocycles. The molecule has 1 aliphatic heterocycles. The van der Waals surface area contributed by atoms with Gasteiger partial charge in [-0.15, -0.1) is 0 Å². The summed E-state index contributed by atoms with van der Waals surface area (Å²) in [5.74, 6) is 1.36. The normalized spacial score (nSPS) is 15.8. The van der Waals surface area contributed by atoms with Crippen molar-refractivity contribution >= 4 is 0 Å². The monoisotopic (exact) mass is 379 g/mol. The lowest BCUT2D eigenvalue weighted by atomic mass is 9.96. The third-order valence-corrected chi connectivity index (χ3v) is 5.54. The molecule has 1 aliphatic rings. The summed E-state index contributed by atoms with van der Waals surface area (Å²) in [6.07, 6.45) is 5.58. The lowest BCUT2D eigenvalue weighted by Gasteiger charge is -2.31. The maximum Gasteiger partial charge on any atom is 0.266 e. The second-order valence-corrected chi connectivity index (χ2v) is 7.50. The van der Waals surface area contributed by atoms with Crippen LogP contribution in [0.1, 0.15) is 29.9 Å². The zero-order valence-corrected chi connectivity index (χ0v) is 16.3. The molecular formula is C21H25N5O2. The number of aromatic nitrogens is 4. The van der Waals surface area contributed by atoms with Crippen LogP contribution in [0.25, 0.3) is 11.3 Å². The van der Waals surface area contributed by atoms with Gasteiger partial charge in [0.05, 0.1) is 11.4 Å². The van der Waals surface area contributed by atoms with Crippen LogP contribution >= 0.6 is 0 Å². The van der Waals surface area contributed by atoms with Crippen LogP contribution in [0.3, 0.4) is 0 Å². The second-order valence-electron chi connectivity index (χ2n) is 7.50. The minimum atomic E-state index is -0.0454. The Kier molecular flexibility index (Phi) is 5.34. The zero-order valence-electron chi connectivity index (χ0n) is 16.3. The van der Waals surface area contributed by atoms with Crippen LogP contribution < -0.4 is 5.56 Å². The predicted molar refractivity (Wildman–Crippen MR) is 106 cm³/mol. The number of rotatable bonds is 5. The van der Waals surface area contributed by atoms with E-state index in [1.807, 2.05) is 26.0 Å². The number of hydrogen-bond donors (Lipinski definition) is 0. The second kappa shape index (κ2) is 8.06. The van der Waals surface area contributed by atoms with Crippen molar-refractivity contribution in [1.29, 1.82) is 0 Å². The molecule has 4 rings (SSSR count). The molecule has 7 heteroatoms. The van der Waals surface area contributed by atoms with E-state index in [9.17, 15) is 4.79 Å². The lowest BCUT2D eigenvalue weighted by molar-refractivity contribution is 0.163. The minimum absolute atomic E-state index is 0.0454. The molecule has 1 saturated heterocycles. The minimum Gasteiger partial charge on any atom is -0.361 e. The summed E-state index contributed by atoms with van der Waals surface area (Å²) >= 11 is 0. The van der Waals surface area contributed by atoms with Gasteiger partial charge >= 0.3 is 0 Å². The van der Waals surface area contributed by atoms with E-state index in [0.717, 1.165) is 55.2 Å². The first-order chi connectivity index (χ1) is 13.6. The smallest absolute Gasteiger partial charge is 0.266 e. The molecular weight excluding hydrogens is 354 g/mol. The molecule has 0 bridgehead atoms. The van der Waals surface area contributed by atoms with Crippen molar-refractivity contribution in [3.8, 4) is 11.3 Å². The molecule has 0 atom stereocenters. The van der Waals surface area contributed by atoms with Crippen molar-refractivity contribution < 1.29 is 4.52 Å². The Morgan fingerprint density at radius 1 is 1.11 bits per heavy atom. The molecule has 146 valence electrons. The van der Waals surface area contributed by atoms with Crippen LogP contribution in [-0.2, 0) is 13.1 Å². The van der Waals surface area contributed by atoms with Gasteiger partial charge in [-0.3, -0.25) is 14.7 Å². The highest BCUT2D eigenvalue weighted by Gasteiger charge is 2.22. The van der Waals surface area contributed by atoms with Gasteiger partial charge in [0.25, 0.3) is 5.56 Å². The maximum atomic E-state index is 12.3. The Morgan fingerprint density at radius 3 is 2.54 bits per heavy atom. The van der Waals surface area contributed by atoms with Gasteiger partial charge in [0.15, 0.2) is 0 Å². The molecule has 0 aromatic carbocycles. The Labute approximate surface area is 164 Å². The van der Waals surface area contributed by atoms with Crippen molar-refractivity contribution in [2.45, 2.75) is 39.8 Å². The van der Waals surface area contributed by atoms with Crippen molar-refractivity contribution in [2.75, 3.05) is 13.1 Å². The van der Waals surface area contributed by atoms with Gasteiger partial charge in [-0.05, 0) is 63.9 Å². The van der Waals surface area contributed by atoms with Gasteiger partial charge in [0.2, 0.25) is 0 Å². The Hall–Kier alpha value is -2.80. The third kappa shape index (κ3) is 4.04. The first-order valence-corrected chi connectivity index (χ1v) is 9.73. The number of likely N-dealkylation sites (tertiary alicyclic amines) is 1. The average molecular weight is 379 g/mol. The van der Waals surface area contributed by atoms with E-state index in [1.54, 1.807) is 29.2 Å². The van der Waals surface area contributed by atoms with Crippen molar-refractivity contribution in [3.05, 3.63) is 64.0 Å². The SMILES string of the molecule is Cc1noc(C)c1CN1CCC(Cn2nc(-c3ccncc3)ccc2=O)CC1. The van der Waals surface area contributed by atoms with Crippen LogP contribution in [0.2, 0.25) is 0 Å². The molecule has 0 amide bonds. The van der Waals surface area contributed by atoms with E-state index in [1.165, 1.54) is 5.56 Å². The number of piperidine rings is 1. The molecule has 1 fully saturated rings. The fraction of sp³-hybridized carbons (Fsp3) is 0.429. The molecule has 0 spiro atoms. The Morgan fingerprint density at radius 2 is 1.86 bits per heavy atom. The van der Waals surface area contributed by atoms with E-state index in [2.05, 4.69) is 20.1 Å². The van der Waals surface area contributed by atoms with E-state index in [-0.39, 0.29) is 5.56 Å². The lowest BCUT2D eigenvalue weighted by Crippen LogP contribution is -2.36. The number of nitrogens with zero attached hydrogens (tertiary/aromatic N) is 5. The molecule has 7 nitrogen and oxygen atoms in total. The highest BCUT2D eigenvalue weighted by molar-refractivity contribution is 5.56. The first kappa shape index (κ1) is 18.6. The van der Waals surface area contributed by atoms with Crippen molar-refractivity contribution in [2.24, 2.45) is 5.92 Å². The summed E-state index contributed by atoms with van der Waals surface area (Å²) in [6.45, 7) is 7.52. The van der Waals surface area contributed by atoms with Crippen LogP contribution in [0.4, 0.5) is 0 Å². The van der Waals surface area contributed by atoms with Gasteiger partial charge in [-0.2, -0.15) is 5.10 Å². The fourth-order valence-corrected chi connectivity index (χ4v) is 3.78. The predicted octanol–water partition coefficient (Wildman–Crippen LogP) is 2.82. The largest absolute Gasteiger partial charge is 0.361 e. The van der Waals surface area contributed by atoms with Gasteiger partial charge in [-0.25, -0.2) is 4.68 Å². The molecule has 4 heterocycles. The topological polar surface area (TPSA) is 77.1 Å². The molecule has 0 aliphatic carbocycles. The van der Waals surface area contributed by atoms with Gasteiger partial charge in [0, 0.05) is 42.7 Å². The average Bonchev–Trinajstić information content (AvgIpc) is 3.04. The first-order valence-electron chi connectivity index (χ1n) is 9.73. The fourth-order valence-electron chi connectivity index (χ4n) is 3.78. The zero-order chi connectivity index (χ0) is 19.5. The standard InChI is InChI=1S/C21H25N5O2/c1-15-19(16(2)28-24-15)14-25-11-7-17(8-12-25)13-26-21(27)4-3-20(23-26)18-5-9-22-10-6-18/h3-6,9-10,17H,7-8,11-14H2,1-2H3. The van der Waals surface area contributed by atoms with Crippen LogP contribution in [-0.4, -0.2) is 37.9 Å². The summed E-state index contributed by atoms with van der Waals surface area (Å²) < 4.78 is 6.89. The number of pyridine rings is 1. The van der Waals surface area contributed by atoms with Crippen molar-refractivity contribution in [3.63, 3.8) is 0 Å². The van der Waals surface area contributed by atoms with Crippen LogP contribution in [0, 0.1) is 19.8 Å². The summed E-state index contributed by atoms with van der Waals surface area (Å²) in [5.41, 5.74) is 3.90. The molecule has 0 radical (unpaired) electrons. The van der Waals surface area contributed by atoms with E-state index in [4.69, 9.17) is 4.52 Å². The Balaban J connectivity index is 1.39. The van der Waals surface area contributed by atoms with E-state index >= 15 is 0 Å². The highest BCUT2D eigenvalue weighted by Crippen LogP contribution is 2.22. The molecule has 0 N–H and O–H groups in total. The number of aryl methyl sites for hydroxylation is 2. The van der Waals surface area contributed by atoms with Gasteiger partial charge in [-0.1, -0.05) is 5.16 Å². The van der Waals surface area contributed by atoms with Crippen molar-refractivity contribution in [1.82, 2.24) is 24.8 Å².